The smallest absolute Gasteiger partial charge is 0.254 e. The van der Waals surface area contributed by atoms with Gasteiger partial charge in [-0.15, -0.1) is 0 Å². The molecule has 0 spiro atoms. The van der Waals surface area contributed by atoms with Gasteiger partial charge in [0, 0.05) is 30.8 Å². The molecule has 1 N–H and O–H groups in total. The first-order chi connectivity index (χ1) is 10.6. The van der Waals surface area contributed by atoms with Gasteiger partial charge in [0.1, 0.15) is 0 Å². The Hall–Kier alpha value is -2.62. The molecule has 1 aliphatic heterocycles. The summed E-state index contributed by atoms with van der Waals surface area (Å²) < 4.78 is 0. The third-order valence-electron chi connectivity index (χ3n) is 3.81. The normalized spacial score (nSPS) is 13.1. The highest BCUT2D eigenvalue weighted by Gasteiger charge is 2.27. The van der Waals surface area contributed by atoms with Crippen molar-refractivity contribution in [2.24, 2.45) is 0 Å². The van der Waals surface area contributed by atoms with Crippen molar-refractivity contribution in [3.05, 3.63) is 65.2 Å². The number of benzene rings is 2. The quantitative estimate of drug-likeness (QED) is 0.942. The first-order valence-electron chi connectivity index (χ1n) is 7.37. The van der Waals surface area contributed by atoms with Crippen LogP contribution in [0.5, 0.6) is 0 Å². The third-order valence-corrected chi connectivity index (χ3v) is 3.81. The largest absolute Gasteiger partial charge is 0.334 e. The Morgan fingerprint density at radius 1 is 1.18 bits per heavy atom. The van der Waals surface area contributed by atoms with Crippen LogP contribution in [0, 0.1) is 6.92 Å². The van der Waals surface area contributed by atoms with Crippen LogP contribution in [0.4, 0.5) is 5.69 Å². The van der Waals surface area contributed by atoms with Crippen molar-refractivity contribution in [3.63, 3.8) is 0 Å². The standard InChI is InChI=1S/C18H18N2O2/c1-13-7-8-16-14(11-13)12-20(18(16)22)10-9-17(21)19-15-5-3-2-4-6-15/h2-8,11H,9-10,12H2,1H3,(H,19,21). The molecule has 2 aromatic carbocycles. The number of fused-ring (bicyclic) bond motifs is 1. The van der Waals surface area contributed by atoms with Crippen LogP contribution in [0.3, 0.4) is 0 Å². The first-order valence-corrected chi connectivity index (χ1v) is 7.37. The summed E-state index contributed by atoms with van der Waals surface area (Å²) >= 11 is 0. The molecule has 22 heavy (non-hydrogen) atoms. The molecule has 2 aromatic rings. The second-order valence-corrected chi connectivity index (χ2v) is 5.55. The van der Waals surface area contributed by atoms with Gasteiger partial charge in [0.2, 0.25) is 5.91 Å². The van der Waals surface area contributed by atoms with Gasteiger partial charge < -0.3 is 10.2 Å². The van der Waals surface area contributed by atoms with Crippen LogP contribution in [0.15, 0.2) is 48.5 Å². The van der Waals surface area contributed by atoms with Crippen LogP contribution >= 0.6 is 0 Å². The fourth-order valence-electron chi connectivity index (χ4n) is 2.67. The van der Waals surface area contributed by atoms with Crippen molar-refractivity contribution in [2.75, 3.05) is 11.9 Å². The number of hydrogen-bond acceptors (Lipinski definition) is 2. The van der Waals surface area contributed by atoms with Gasteiger partial charge in [-0.25, -0.2) is 0 Å². The van der Waals surface area contributed by atoms with E-state index in [0.717, 1.165) is 22.4 Å². The van der Waals surface area contributed by atoms with E-state index in [1.54, 1.807) is 4.90 Å². The van der Waals surface area contributed by atoms with Gasteiger partial charge >= 0.3 is 0 Å². The van der Waals surface area contributed by atoms with E-state index in [0.29, 0.717) is 19.5 Å². The van der Waals surface area contributed by atoms with E-state index >= 15 is 0 Å². The summed E-state index contributed by atoms with van der Waals surface area (Å²) in [6, 6.07) is 15.2. The van der Waals surface area contributed by atoms with Gasteiger partial charge in [0.15, 0.2) is 0 Å². The summed E-state index contributed by atoms with van der Waals surface area (Å²) in [7, 11) is 0. The molecule has 0 atom stereocenters. The van der Waals surface area contributed by atoms with Crippen LogP contribution in [0.2, 0.25) is 0 Å². The summed E-state index contributed by atoms with van der Waals surface area (Å²) in [4.78, 5) is 26.0. The number of para-hydroxylation sites is 1. The predicted molar refractivity (Wildman–Crippen MR) is 85.6 cm³/mol. The van der Waals surface area contributed by atoms with E-state index < -0.39 is 0 Å². The minimum Gasteiger partial charge on any atom is -0.334 e. The van der Waals surface area contributed by atoms with E-state index in [2.05, 4.69) is 5.32 Å². The van der Waals surface area contributed by atoms with Gasteiger partial charge in [0.25, 0.3) is 5.91 Å². The lowest BCUT2D eigenvalue weighted by Crippen LogP contribution is -2.28. The Kier molecular flexibility index (Phi) is 3.92. The average molecular weight is 294 g/mol. The van der Waals surface area contributed by atoms with Crippen molar-refractivity contribution in [1.82, 2.24) is 4.90 Å². The number of anilines is 1. The molecule has 0 unspecified atom stereocenters. The van der Waals surface area contributed by atoms with Crippen LogP contribution in [-0.4, -0.2) is 23.3 Å². The van der Waals surface area contributed by atoms with E-state index in [1.165, 1.54) is 0 Å². The van der Waals surface area contributed by atoms with Gasteiger partial charge in [-0.2, -0.15) is 0 Å². The lowest BCUT2D eigenvalue weighted by molar-refractivity contribution is -0.116. The highest BCUT2D eigenvalue weighted by molar-refractivity contribution is 5.99. The lowest BCUT2D eigenvalue weighted by atomic mass is 10.1. The second-order valence-electron chi connectivity index (χ2n) is 5.55. The molecule has 0 fully saturated rings. The van der Waals surface area contributed by atoms with Crippen LogP contribution in [0.1, 0.15) is 27.9 Å². The number of carbonyl (C=O) groups is 2. The molecule has 2 amide bonds. The Labute approximate surface area is 129 Å². The zero-order valence-electron chi connectivity index (χ0n) is 12.5. The van der Waals surface area contributed by atoms with Crippen molar-refractivity contribution >= 4 is 17.5 Å². The topological polar surface area (TPSA) is 49.4 Å². The predicted octanol–water partition coefficient (Wildman–Crippen LogP) is 2.98. The summed E-state index contributed by atoms with van der Waals surface area (Å²) in [5.41, 5.74) is 3.73. The van der Waals surface area contributed by atoms with Crippen LogP contribution in [-0.2, 0) is 11.3 Å². The second kappa shape index (κ2) is 6.02. The van der Waals surface area contributed by atoms with Crippen LogP contribution < -0.4 is 5.32 Å². The molecule has 0 radical (unpaired) electrons. The molecule has 0 aromatic heterocycles. The number of hydrogen-bond donors (Lipinski definition) is 1. The Balaban J connectivity index is 1.57. The molecule has 4 heteroatoms. The molecule has 0 bridgehead atoms. The molecular formula is C18H18N2O2. The highest BCUT2D eigenvalue weighted by Crippen LogP contribution is 2.23. The maximum absolute atomic E-state index is 12.3. The number of amides is 2. The zero-order chi connectivity index (χ0) is 15.5. The fraction of sp³-hybridized carbons (Fsp3) is 0.222. The van der Waals surface area contributed by atoms with Crippen molar-refractivity contribution in [3.8, 4) is 0 Å². The number of nitrogens with one attached hydrogen (secondary N) is 1. The van der Waals surface area contributed by atoms with Gasteiger partial charge in [-0.3, -0.25) is 9.59 Å². The minimum absolute atomic E-state index is 0.0162. The van der Waals surface area contributed by atoms with E-state index in [4.69, 9.17) is 0 Å². The number of nitrogens with zero attached hydrogens (tertiary/aromatic N) is 1. The average Bonchev–Trinajstić information content (AvgIpc) is 2.82. The van der Waals surface area contributed by atoms with Crippen LogP contribution in [0.25, 0.3) is 0 Å². The van der Waals surface area contributed by atoms with Gasteiger partial charge in [-0.05, 0) is 30.7 Å². The van der Waals surface area contributed by atoms with Gasteiger partial charge in [0.05, 0.1) is 0 Å². The SMILES string of the molecule is Cc1ccc2c(c1)CN(CCC(=O)Nc1ccccc1)C2=O. The highest BCUT2D eigenvalue weighted by atomic mass is 16.2. The van der Waals surface area contributed by atoms with E-state index in [1.807, 2.05) is 55.5 Å². The van der Waals surface area contributed by atoms with Crippen molar-refractivity contribution in [1.29, 1.82) is 0 Å². The van der Waals surface area contributed by atoms with E-state index in [-0.39, 0.29) is 11.8 Å². The van der Waals surface area contributed by atoms with Crippen molar-refractivity contribution in [2.45, 2.75) is 19.9 Å². The number of carbonyl (C=O) groups excluding carboxylic acids is 2. The Bertz CT molecular complexity index is 710. The molecule has 1 heterocycles. The number of aryl methyl sites for hydroxylation is 1. The molecule has 0 saturated carbocycles. The molecule has 112 valence electrons. The Morgan fingerprint density at radius 2 is 1.95 bits per heavy atom. The monoisotopic (exact) mass is 294 g/mol. The fourth-order valence-corrected chi connectivity index (χ4v) is 2.67. The zero-order valence-corrected chi connectivity index (χ0v) is 12.5. The molecular weight excluding hydrogens is 276 g/mol. The van der Waals surface area contributed by atoms with E-state index in [9.17, 15) is 9.59 Å². The number of rotatable bonds is 4. The summed E-state index contributed by atoms with van der Waals surface area (Å²) in [5, 5.41) is 2.83. The third kappa shape index (κ3) is 3.01. The molecule has 0 aliphatic carbocycles. The summed E-state index contributed by atoms with van der Waals surface area (Å²) in [5.74, 6) is -0.0614. The molecule has 0 saturated heterocycles. The molecule has 1 aliphatic rings. The molecule has 3 rings (SSSR count). The maximum Gasteiger partial charge on any atom is 0.254 e. The van der Waals surface area contributed by atoms with Crippen molar-refractivity contribution < 1.29 is 9.59 Å². The minimum atomic E-state index is -0.0777. The maximum atomic E-state index is 12.3. The summed E-state index contributed by atoms with van der Waals surface area (Å²) in [6.07, 6.45) is 0.299. The first kappa shape index (κ1) is 14.3. The molecule has 4 nitrogen and oxygen atoms in total. The Morgan fingerprint density at radius 3 is 2.73 bits per heavy atom. The summed E-state index contributed by atoms with van der Waals surface area (Å²) in [6.45, 7) is 3.04. The lowest BCUT2D eigenvalue weighted by Gasteiger charge is -2.15. The van der Waals surface area contributed by atoms with Gasteiger partial charge in [-0.1, -0.05) is 35.9 Å².